The van der Waals surface area contributed by atoms with Crippen LogP contribution in [0.15, 0.2) is 0 Å². The summed E-state index contributed by atoms with van der Waals surface area (Å²) in [7, 11) is -10.3. The monoisotopic (exact) mass is 482 g/mol. The molecule has 13 heteroatoms. The molecule has 0 atom stereocenters. The van der Waals surface area contributed by atoms with Gasteiger partial charge in [-0.3, -0.25) is 16.8 Å². The van der Waals surface area contributed by atoms with E-state index in [1.165, 1.54) is 0 Å². The predicted octanol–water partition coefficient (Wildman–Crippen LogP) is -9.05. The summed E-state index contributed by atoms with van der Waals surface area (Å²) in [6.07, 6.45) is 0. The summed E-state index contributed by atoms with van der Waals surface area (Å²) in [5.74, 6) is 0. The molecule has 0 aliphatic rings. The first kappa shape index (κ1) is 30.6. The fourth-order valence-corrected chi connectivity index (χ4v) is 0. The molecule has 64 valence electrons. The van der Waals surface area contributed by atoms with Crippen molar-refractivity contribution in [2.45, 2.75) is 0 Å². The van der Waals surface area contributed by atoms with Crippen LogP contribution >= 0.6 is 0 Å². The Morgan fingerprint density at radius 1 is 0.615 bits per heavy atom. The molecule has 0 saturated carbocycles. The van der Waals surface area contributed by atoms with E-state index in [4.69, 9.17) is 35.0 Å². The molecule has 0 aromatic rings. The quantitative estimate of drug-likeness (QED) is 0.187. The van der Waals surface area contributed by atoms with Crippen molar-refractivity contribution < 1.29 is 173 Å². The molecule has 0 saturated heterocycles. The van der Waals surface area contributed by atoms with Crippen LogP contribution in [0.3, 0.4) is 0 Å². The van der Waals surface area contributed by atoms with Crippen LogP contribution in [0.25, 0.3) is 0 Å². The molecule has 0 aromatic carbocycles. The Labute approximate surface area is 210 Å². The smallest absolute Gasteiger partial charge is 0.759 e. The summed E-state index contributed by atoms with van der Waals surface area (Å²) in [5, 5.41) is 0. The van der Waals surface area contributed by atoms with Gasteiger partial charge in [0.2, 0.25) is 0 Å². The van der Waals surface area contributed by atoms with Gasteiger partial charge in [-0.05, 0) is 0 Å². The van der Waals surface area contributed by atoms with Crippen molar-refractivity contribution in [2.75, 3.05) is 0 Å². The molecule has 0 unspecified atom stereocenters. The molecule has 13 heavy (non-hydrogen) atoms. The van der Waals surface area contributed by atoms with Crippen molar-refractivity contribution in [3.05, 3.63) is 0 Å². The maximum absolute atomic E-state index is 8.52. The first-order chi connectivity index (χ1) is 4.00. The Morgan fingerprint density at radius 3 is 0.615 bits per heavy atom. The van der Waals surface area contributed by atoms with Crippen LogP contribution in [0.2, 0.25) is 0 Å². The molecule has 0 radical (unpaired) electrons. The van der Waals surface area contributed by atoms with Crippen LogP contribution in [0.1, 0.15) is 0 Å². The van der Waals surface area contributed by atoms with E-state index < -0.39 is 20.8 Å². The summed E-state index contributed by atoms with van der Waals surface area (Å²) in [6, 6.07) is 0. The van der Waals surface area contributed by atoms with Crippen molar-refractivity contribution in [1.82, 2.24) is 0 Å². The Balaban J connectivity index is -0.0000000267. The Kier molecular flexibility index (Phi) is 34.5. The second kappa shape index (κ2) is 14.7. The molecule has 0 aliphatic heterocycles. The van der Waals surface area contributed by atoms with Crippen molar-refractivity contribution in [3.63, 3.8) is 0 Å². The normalized spacial score (nSPS) is 8.92. The zero-order valence-electron chi connectivity index (χ0n) is 6.79. The van der Waals surface area contributed by atoms with Crippen LogP contribution in [0.5, 0.6) is 0 Å². The van der Waals surface area contributed by atoms with E-state index in [9.17, 15) is 0 Å². The second-order valence-electron chi connectivity index (χ2n) is 0.816. The summed E-state index contributed by atoms with van der Waals surface area (Å²) >= 11 is 0. The number of rotatable bonds is 0. The van der Waals surface area contributed by atoms with Gasteiger partial charge in [0, 0.05) is 20.8 Å². The molecule has 8 nitrogen and oxygen atoms in total. The molecule has 0 N–H and O–H groups in total. The minimum Gasteiger partial charge on any atom is -0.759 e. The molecule has 0 spiro atoms. The summed E-state index contributed by atoms with van der Waals surface area (Å²) < 4.78 is 68.2. The Hall–Kier alpha value is 4.61. The summed E-state index contributed by atoms with van der Waals surface area (Å²) in [6.45, 7) is 0. The Morgan fingerprint density at radius 2 is 0.615 bits per heavy atom. The molecular weight excluding hydrogens is 482 g/mol. The average Bonchev–Trinajstić information content (AvgIpc) is 1.12. The maximum Gasteiger partial charge on any atom is 2.00 e. The van der Waals surface area contributed by atoms with E-state index in [1.807, 2.05) is 0 Å². The van der Waals surface area contributed by atoms with Gasteiger partial charge < -0.3 is 18.2 Å². The van der Waals surface area contributed by atoms with Gasteiger partial charge in [-0.2, -0.15) is 0 Å². The molecule has 0 amide bonds. The average molecular weight is 482 g/mol. The van der Waals surface area contributed by atoms with E-state index in [-0.39, 0.29) is 161 Å². The van der Waals surface area contributed by atoms with E-state index in [1.54, 1.807) is 0 Å². The summed E-state index contributed by atoms with van der Waals surface area (Å²) in [4.78, 5) is 0. The minimum absolute atomic E-state index is 0. The van der Waals surface area contributed by atoms with Gasteiger partial charge in [0.15, 0.2) is 0 Å². The predicted molar refractivity (Wildman–Crippen MR) is 26.7 cm³/mol. The van der Waals surface area contributed by atoms with E-state index in [2.05, 4.69) is 0 Å². The zero-order valence-corrected chi connectivity index (χ0v) is 22.4. The molecule has 0 fully saturated rings. The maximum atomic E-state index is 8.52. The van der Waals surface area contributed by atoms with Gasteiger partial charge in [-0.15, -0.1) is 0 Å². The minimum atomic E-state index is -5.17. The third-order valence-corrected chi connectivity index (χ3v) is 0. The standard InChI is InChI=1S/2Cs.Mg.2H2O4S/c;;;2*1-5(2,3)4/h;;;2*(H2,1,2,3,4)/q2*+1;+2;;/p-4. The van der Waals surface area contributed by atoms with Crippen LogP contribution in [-0.4, -0.2) is 58.1 Å². The van der Waals surface area contributed by atoms with Gasteiger partial charge in [0.25, 0.3) is 0 Å². The van der Waals surface area contributed by atoms with Crippen molar-refractivity contribution in [3.8, 4) is 0 Å². The first-order valence-corrected chi connectivity index (χ1v) is 4.00. The van der Waals surface area contributed by atoms with Crippen LogP contribution in [-0.2, 0) is 20.8 Å². The van der Waals surface area contributed by atoms with Crippen molar-refractivity contribution >= 4 is 43.9 Å². The molecule has 0 heterocycles. The fraction of sp³-hybridized carbons (Fsp3) is 0. The van der Waals surface area contributed by atoms with Gasteiger partial charge in [-0.1, -0.05) is 0 Å². The molecule has 0 rings (SSSR count). The molecule has 0 bridgehead atoms. The number of hydrogen-bond acceptors (Lipinski definition) is 8. The van der Waals surface area contributed by atoms with E-state index >= 15 is 0 Å². The third-order valence-electron chi connectivity index (χ3n) is 0. The van der Waals surface area contributed by atoms with Crippen LogP contribution in [0, 0.1) is 0 Å². The van der Waals surface area contributed by atoms with E-state index in [0.29, 0.717) is 0 Å². The SMILES string of the molecule is O=S(=O)([O-])[O-].O=S(=O)([O-])[O-].[Cs+].[Cs+].[Mg+2]. The van der Waals surface area contributed by atoms with Crippen LogP contribution in [0.4, 0.5) is 0 Å². The first-order valence-electron chi connectivity index (χ1n) is 1.33. The second-order valence-corrected chi connectivity index (χ2v) is 2.45. The van der Waals surface area contributed by atoms with Crippen LogP contribution < -0.4 is 138 Å². The van der Waals surface area contributed by atoms with Crippen molar-refractivity contribution in [1.29, 1.82) is 0 Å². The largest absolute Gasteiger partial charge is 2.00 e. The summed E-state index contributed by atoms with van der Waals surface area (Å²) in [5.41, 5.74) is 0. The number of hydrogen-bond donors (Lipinski definition) is 0. The molecule has 0 aromatic heterocycles. The van der Waals surface area contributed by atoms with Crippen molar-refractivity contribution in [2.24, 2.45) is 0 Å². The third kappa shape index (κ3) is 167. The van der Waals surface area contributed by atoms with Gasteiger partial charge in [0.1, 0.15) is 0 Å². The van der Waals surface area contributed by atoms with Gasteiger partial charge in [-0.25, -0.2) is 0 Å². The molecule has 0 aliphatic carbocycles. The van der Waals surface area contributed by atoms with E-state index in [0.717, 1.165) is 0 Å². The Bertz CT molecular complexity index is 217. The van der Waals surface area contributed by atoms with Gasteiger partial charge >= 0.3 is 161 Å². The van der Waals surface area contributed by atoms with Gasteiger partial charge in [0.05, 0.1) is 0 Å². The fourth-order valence-electron chi connectivity index (χ4n) is 0. The molecular formula is Cs2MgO8S2. The zero-order chi connectivity index (χ0) is 9.00. The topological polar surface area (TPSA) is 161 Å².